The lowest BCUT2D eigenvalue weighted by atomic mass is 10.0. The van der Waals surface area contributed by atoms with Crippen LogP contribution in [0.25, 0.3) is 5.52 Å². The van der Waals surface area contributed by atoms with Crippen LogP contribution in [0.5, 0.6) is 0 Å². The van der Waals surface area contributed by atoms with Crippen molar-refractivity contribution in [2.75, 3.05) is 44.2 Å². The highest BCUT2D eigenvalue weighted by Gasteiger charge is 2.32. The van der Waals surface area contributed by atoms with E-state index >= 15 is 0 Å². The number of carbonyl (C=O) groups excluding carboxylic acids is 1. The molecule has 9 heteroatoms. The van der Waals surface area contributed by atoms with Crippen LogP contribution in [0, 0.1) is 11.6 Å². The maximum Gasteiger partial charge on any atom is 0.257 e. The molecule has 1 atom stereocenters. The smallest absolute Gasteiger partial charge is 0.257 e. The maximum atomic E-state index is 13.2. The van der Waals surface area contributed by atoms with Crippen molar-refractivity contribution in [3.63, 3.8) is 0 Å². The van der Waals surface area contributed by atoms with E-state index in [9.17, 15) is 18.7 Å². The molecule has 3 aliphatic rings. The van der Waals surface area contributed by atoms with Crippen molar-refractivity contribution in [1.82, 2.24) is 19.4 Å². The SMILES string of the molecule is Fc1ccc(F)cc1.O=C(c1cnn2ccc(N3CCCC3)cc12)N1CCC(N2CCC(O)C2)CC1. The average Bonchev–Trinajstić information content (AvgIpc) is 3.67. The summed E-state index contributed by atoms with van der Waals surface area (Å²) in [7, 11) is 0. The van der Waals surface area contributed by atoms with Gasteiger partial charge in [-0.3, -0.25) is 9.69 Å². The van der Waals surface area contributed by atoms with Gasteiger partial charge in [0.1, 0.15) is 11.6 Å². The molecule has 3 aliphatic heterocycles. The molecule has 1 N–H and O–H groups in total. The summed E-state index contributed by atoms with van der Waals surface area (Å²) in [5.74, 6) is -0.730. The number of aliphatic hydroxyl groups is 1. The highest BCUT2D eigenvalue weighted by molar-refractivity contribution is 6.01. The van der Waals surface area contributed by atoms with Crippen molar-refractivity contribution < 1.29 is 18.7 Å². The van der Waals surface area contributed by atoms with Crippen LogP contribution < -0.4 is 4.90 Å². The maximum absolute atomic E-state index is 13.2. The molecule has 1 amide bonds. The van der Waals surface area contributed by atoms with Crippen LogP contribution in [0.1, 0.15) is 42.5 Å². The van der Waals surface area contributed by atoms with Crippen molar-refractivity contribution >= 4 is 17.1 Å². The molecule has 0 bridgehead atoms. The molecule has 0 radical (unpaired) electrons. The predicted octanol–water partition coefficient (Wildman–Crippen LogP) is 3.57. The molecule has 3 saturated heterocycles. The summed E-state index contributed by atoms with van der Waals surface area (Å²) in [6.45, 7) is 5.50. The van der Waals surface area contributed by atoms with Crippen LogP contribution in [0.4, 0.5) is 14.5 Å². The average molecular weight is 498 g/mol. The number of β-amino-alcohol motifs (C(OH)–C–C–N with tert-alkyl or cyclic N) is 1. The zero-order valence-corrected chi connectivity index (χ0v) is 20.4. The molecule has 5 heterocycles. The number of anilines is 1. The number of aromatic nitrogens is 2. The number of hydrogen-bond donors (Lipinski definition) is 1. The molecular weight excluding hydrogens is 464 g/mol. The summed E-state index contributed by atoms with van der Waals surface area (Å²) in [6.07, 6.45) is 8.81. The summed E-state index contributed by atoms with van der Waals surface area (Å²) in [5, 5.41) is 14.2. The molecule has 3 fully saturated rings. The molecule has 1 unspecified atom stereocenters. The Hall–Kier alpha value is -3.04. The lowest BCUT2D eigenvalue weighted by Crippen LogP contribution is -2.46. The van der Waals surface area contributed by atoms with Crippen molar-refractivity contribution in [2.24, 2.45) is 0 Å². The minimum Gasteiger partial charge on any atom is -0.392 e. The summed E-state index contributed by atoms with van der Waals surface area (Å²) < 4.78 is 25.7. The number of benzene rings is 1. The molecular formula is C27H33F2N5O2. The minimum atomic E-state index is -0.411. The van der Waals surface area contributed by atoms with Gasteiger partial charge in [-0.1, -0.05) is 0 Å². The fraction of sp³-hybridized carbons (Fsp3) is 0.481. The molecule has 0 saturated carbocycles. The van der Waals surface area contributed by atoms with E-state index < -0.39 is 11.6 Å². The lowest BCUT2D eigenvalue weighted by Gasteiger charge is -2.36. The molecule has 3 aromatic rings. The second-order valence-electron chi connectivity index (χ2n) is 9.86. The number of aliphatic hydroxyl groups excluding tert-OH is 1. The van der Waals surface area contributed by atoms with Gasteiger partial charge in [-0.05, 0) is 68.5 Å². The van der Waals surface area contributed by atoms with E-state index in [1.165, 1.54) is 18.5 Å². The Morgan fingerprint density at radius 3 is 2.19 bits per heavy atom. The Kier molecular flexibility index (Phi) is 7.48. The number of nitrogens with zero attached hydrogens (tertiary/aromatic N) is 5. The fourth-order valence-electron chi connectivity index (χ4n) is 5.44. The summed E-state index contributed by atoms with van der Waals surface area (Å²) in [5.41, 5.74) is 2.79. The number of amides is 1. The Bertz CT molecular complexity index is 1150. The first-order valence-electron chi connectivity index (χ1n) is 12.8. The van der Waals surface area contributed by atoms with Gasteiger partial charge >= 0.3 is 0 Å². The van der Waals surface area contributed by atoms with Gasteiger partial charge in [0, 0.05) is 57.2 Å². The Labute approximate surface area is 209 Å². The third-order valence-corrected chi connectivity index (χ3v) is 7.47. The van der Waals surface area contributed by atoms with E-state index in [0.717, 1.165) is 88.3 Å². The quantitative estimate of drug-likeness (QED) is 0.600. The van der Waals surface area contributed by atoms with Gasteiger partial charge in [0.2, 0.25) is 0 Å². The first-order valence-corrected chi connectivity index (χ1v) is 12.8. The Balaban J connectivity index is 0.000000286. The van der Waals surface area contributed by atoms with E-state index in [-0.39, 0.29) is 12.0 Å². The molecule has 192 valence electrons. The number of likely N-dealkylation sites (tertiary alicyclic amines) is 2. The van der Waals surface area contributed by atoms with Crippen molar-refractivity contribution in [3.8, 4) is 0 Å². The molecule has 2 aromatic heterocycles. The minimum absolute atomic E-state index is 0.0912. The number of halogens is 2. The van der Waals surface area contributed by atoms with E-state index in [1.54, 1.807) is 6.20 Å². The monoisotopic (exact) mass is 497 g/mol. The number of hydrogen-bond acceptors (Lipinski definition) is 5. The largest absolute Gasteiger partial charge is 0.392 e. The topological polar surface area (TPSA) is 64.3 Å². The van der Waals surface area contributed by atoms with E-state index in [1.807, 2.05) is 15.6 Å². The van der Waals surface area contributed by atoms with Gasteiger partial charge in [0.25, 0.3) is 5.91 Å². The normalized spacial score (nSPS) is 21.1. The van der Waals surface area contributed by atoms with Crippen molar-refractivity contribution in [1.29, 1.82) is 0 Å². The van der Waals surface area contributed by atoms with Crippen LogP contribution in [0.3, 0.4) is 0 Å². The van der Waals surface area contributed by atoms with Crippen LogP contribution in [-0.4, -0.2) is 81.8 Å². The summed E-state index contributed by atoms with van der Waals surface area (Å²) >= 11 is 0. The third-order valence-electron chi connectivity index (χ3n) is 7.47. The van der Waals surface area contributed by atoms with Crippen LogP contribution >= 0.6 is 0 Å². The molecule has 7 nitrogen and oxygen atoms in total. The molecule has 1 aromatic carbocycles. The van der Waals surface area contributed by atoms with Gasteiger partial charge in [0.05, 0.1) is 23.4 Å². The van der Waals surface area contributed by atoms with Crippen molar-refractivity contribution in [2.45, 2.75) is 44.2 Å². The number of carbonyl (C=O) groups is 1. The van der Waals surface area contributed by atoms with Crippen LogP contribution in [0.15, 0.2) is 48.8 Å². The van der Waals surface area contributed by atoms with E-state index in [4.69, 9.17) is 0 Å². The number of pyridine rings is 1. The number of rotatable bonds is 3. The van der Waals surface area contributed by atoms with Crippen molar-refractivity contribution in [3.05, 3.63) is 66.0 Å². The molecule has 0 spiro atoms. The highest BCUT2D eigenvalue weighted by Crippen LogP contribution is 2.26. The zero-order chi connectivity index (χ0) is 25.1. The van der Waals surface area contributed by atoms with Gasteiger partial charge in [-0.25, -0.2) is 13.3 Å². The van der Waals surface area contributed by atoms with E-state index in [0.29, 0.717) is 11.6 Å². The standard InChI is InChI=1S/C21H29N5O2.C6H4F2/c27-18-6-11-25(15-18)16-3-9-24(10-4-16)21(28)19-14-22-26-12-5-17(13-20(19)26)23-7-1-2-8-23;7-5-1-2-6(8)4-3-5/h5,12-14,16,18,27H,1-4,6-11,15H2;1-4H. The van der Waals surface area contributed by atoms with E-state index in [2.05, 4.69) is 27.0 Å². The van der Waals surface area contributed by atoms with Crippen LogP contribution in [0.2, 0.25) is 0 Å². The first kappa shape index (κ1) is 24.6. The van der Waals surface area contributed by atoms with Gasteiger partial charge < -0.3 is 14.9 Å². The summed E-state index contributed by atoms with van der Waals surface area (Å²) in [4.78, 5) is 19.9. The summed E-state index contributed by atoms with van der Waals surface area (Å²) in [6, 6.07) is 9.02. The van der Waals surface area contributed by atoms with Gasteiger partial charge in [-0.2, -0.15) is 5.10 Å². The van der Waals surface area contributed by atoms with Gasteiger partial charge in [0.15, 0.2) is 0 Å². The Morgan fingerprint density at radius 1 is 0.917 bits per heavy atom. The number of fused-ring (bicyclic) bond motifs is 1. The highest BCUT2D eigenvalue weighted by atomic mass is 19.1. The molecule has 6 rings (SSSR count). The van der Waals surface area contributed by atoms with Crippen LogP contribution in [-0.2, 0) is 0 Å². The third kappa shape index (κ3) is 5.52. The molecule has 0 aliphatic carbocycles. The zero-order valence-electron chi connectivity index (χ0n) is 20.4. The van der Waals surface area contributed by atoms with Gasteiger partial charge in [-0.15, -0.1) is 0 Å². The lowest BCUT2D eigenvalue weighted by molar-refractivity contribution is 0.0629. The second-order valence-corrected chi connectivity index (χ2v) is 9.86. The number of piperidine rings is 1. The first-order chi connectivity index (χ1) is 17.5. The second kappa shape index (κ2) is 10.9. The fourth-order valence-corrected chi connectivity index (χ4v) is 5.44. The predicted molar refractivity (Wildman–Crippen MR) is 134 cm³/mol. The molecule has 36 heavy (non-hydrogen) atoms. The Morgan fingerprint density at radius 2 is 1.58 bits per heavy atom.